The highest BCUT2D eigenvalue weighted by atomic mass is 16.3. The Morgan fingerprint density at radius 1 is 1.00 bits per heavy atom. The van der Waals surface area contributed by atoms with Crippen molar-refractivity contribution in [2.45, 2.75) is 83.4 Å². The Balaban J connectivity index is 1.73. The SMILES string of the molecule is CC1(C)CCC(O)C(N2CCC3CCCCC32)C1. The molecule has 2 heteroatoms. The lowest BCUT2D eigenvalue weighted by molar-refractivity contribution is -0.0295. The first-order valence-electron chi connectivity index (χ1n) is 8.01. The molecule has 4 atom stereocenters. The zero-order valence-electron chi connectivity index (χ0n) is 12.1. The van der Waals surface area contributed by atoms with E-state index >= 15 is 0 Å². The van der Waals surface area contributed by atoms with Crippen LogP contribution in [0.3, 0.4) is 0 Å². The van der Waals surface area contributed by atoms with Gasteiger partial charge in [0.05, 0.1) is 6.10 Å². The maximum absolute atomic E-state index is 10.4. The van der Waals surface area contributed by atoms with Gasteiger partial charge in [0, 0.05) is 12.1 Å². The van der Waals surface area contributed by atoms with Gasteiger partial charge in [-0.1, -0.05) is 26.7 Å². The van der Waals surface area contributed by atoms with Crippen molar-refractivity contribution in [1.82, 2.24) is 4.90 Å². The van der Waals surface area contributed by atoms with Crippen LogP contribution in [0.1, 0.15) is 65.2 Å². The van der Waals surface area contributed by atoms with E-state index in [-0.39, 0.29) is 6.10 Å². The van der Waals surface area contributed by atoms with Gasteiger partial charge in [-0.25, -0.2) is 0 Å². The van der Waals surface area contributed by atoms with Crippen LogP contribution >= 0.6 is 0 Å². The topological polar surface area (TPSA) is 23.5 Å². The Kier molecular flexibility index (Phi) is 3.44. The molecule has 0 aromatic heterocycles. The van der Waals surface area contributed by atoms with Gasteiger partial charge in [-0.05, 0) is 56.4 Å². The summed E-state index contributed by atoms with van der Waals surface area (Å²) in [7, 11) is 0. The lowest BCUT2D eigenvalue weighted by atomic mass is 9.73. The van der Waals surface area contributed by atoms with Crippen molar-refractivity contribution < 1.29 is 5.11 Å². The third kappa shape index (κ3) is 2.34. The standard InChI is InChI=1S/C16H29NO/c1-16(2)9-7-15(18)14(11-16)17-10-8-12-5-3-4-6-13(12)17/h12-15,18H,3-11H2,1-2H3. The van der Waals surface area contributed by atoms with Crippen LogP contribution in [0.5, 0.6) is 0 Å². The molecular weight excluding hydrogens is 222 g/mol. The van der Waals surface area contributed by atoms with Gasteiger partial charge in [-0.2, -0.15) is 0 Å². The molecule has 4 unspecified atom stereocenters. The fourth-order valence-electron chi connectivity index (χ4n) is 4.73. The second kappa shape index (κ2) is 4.79. The molecule has 3 rings (SSSR count). The molecule has 1 aliphatic heterocycles. The van der Waals surface area contributed by atoms with Crippen LogP contribution in [-0.2, 0) is 0 Å². The van der Waals surface area contributed by atoms with E-state index in [9.17, 15) is 5.11 Å². The van der Waals surface area contributed by atoms with E-state index < -0.39 is 0 Å². The monoisotopic (exact) mass is 251 g/mol. The van der Waals surface area contributed by atoms with Gasteiger partial charge in [-0.15, -0.1) is 0 Å². The number of hydrogen-bond acceptors (Lipinski definition) is 2. The Morgan fingerprint density at radius 3 is 2.61 bits per heavy atom. The first-order chi connectivity index (χ1) is 8.57. The van der Waals surface area contributed by atoms with E-state index in [1.807, 2.05) is 0 Å². The summed E-state index contributed by atoms with van der Waals surface area (Å²) in [6.45, 7) is 5.99. The van der Waals surface area contributed by atoms with Gasteiger partial charge in [0.25, 0.3) is 0 Å². The maximum Gasteiger partial charge on any atom is 0.0695 e. The Morgan fingerprint density at radius 2 is 1.78 bits per heavy atom. The number of nitrogens with zero attached hydrogens (tertiary/aromatic N) is 1. The summed E-state index contributed by atoms with van der Waals surface area (Å²) >= 11 is 0. The van der Waals surface area contributed by atoms with Gasteiger partial charge in [0.1, 0.15) is 0 Å². The minimum atomic E-state index is -0.0706. The molecule has 2 aliphatic carbocycles. The smallest absolute Gasteiger partial charge is 0.0695 e. The Labute approximate surface area is 112 Å². The third-order valence-corrected chi connectivity index (χ3v) is 5.80. The molecule has 0 spiro atoms. The first kappa shape index (κ1) is 12.9. The van der Waals surface area contributed by atoms with Crippen molar-refractivity contribution in [2.75, 3.05) is 6.54 Å². The highest BCUT2D eigenvalue weighted by Gasteiger charge is 2.44. The fourth-order valence-corrected chi connectivity index (χ4v) is 4.73. The van der Waals surface area contributed by atoms with Gasteiger partial charge < -0.3 is 5.11 Å². The first-order valence-corrected chi connectivity index (χ1v) is 8.01. The number of hydrogen-bond donors (Lipinski definition) is 1. The summed E-state index contributed by atoms with van der Waals surface area (Å²) < 4.78 is 0. The minimum absolute atomic E-state index is 0.0706. The molecule has 0 aromatic rings. The van der Waals surface area contributed by atoms with Gasteiger partial charge in [0.15, 0.2) is 0 Å². The van der Waals surface area contributed by atoms with E-state index in [1.165, 1.54) is 51.5 Å². The molecule has 1 heterocycles. The molecule has 2 nitrogen and oxygen atoms in total. The lowest BCUT2D eigenvalue weighted by Crippen LogP contribution is -2.52. The Bertz CT molecular complexity index is 301. The molecule has 18 heavy (non-hydrogen) atoms. The van der Waals surface area contributed by atoms with Crippen LogP contribution < -0.4 is 0 Å². The summed E-state index contributed by atoms with van der Waals surface area (Å²) in [5.74, 6) is 0.941. The predicted octanol–water partition coefficient (Wildman–Crippen LogP) is 3.19. The summed E-state index contributed by atoms with van der Waals surface area (Å²) in [5, 5.41) is 10.4. The van der Waals surface area contributed by atoms with Crippen LogP contribution in [0.4, 0.5) is 0 Å². The zero-order chi connectivity index (χ0) is 12.8. The summed E-state index contributed by atoms with van der Waals surface area (Å²) in [6, 6.07) is 1.24. The molecule has 0 bridgehead atoms. The number of rotatable bonds is 1. The molecule has 3 fully saturated rings. The second-order valence-electron chi connectivity index (χ2n) is 7.68. The highest BCUT2D eigenvalue weighted by Crippen LogP contribution is 2.43. The number of likely N-dealkylation sites (tertiary alicyclic amines) is 1. The summed E-state index contributed by atoms with van der Waals surface area (Å²) in [6.07, 6.45) is 10.4. The average Bonchev–Trinajstić information content (AvgIpc) is 2.76. The molecule has 104 valence electrons. The molecule has 0 amide bonds. The van der Waals surface area contributed by atoms with Gasteiger partial charge >= 0.3 is 0 Å². The molecular formula is C16H29NO. The average molecular weight is 251 g/mol. The van der Waals surface area contributed by atoms with Crippen molar-refractivity contribution in [2.24, 2.45) is 11.3 Å². The molecule has 2 saturated carbocycles. The van der Waals surface area contributed by atoms with Crippen LogP contribution in [-0.4, -0.2) is 34.7 Å². The van der Waals surface area contributed by atoms with Crippen LogP contribution in [0.25, 0.3) is 0 Å². The van der Waals surface area contributed by atoms with Gasteiger partial charge in [0.2, 0.25) is 0 Å². The van der Waals surface area contributed by atoms with Gasteiger partial charge in [-0.3, -0.25) is 4.90 Å². The second-order valence-corrected chi connectivity index (χ2v) is 7.68. The zero-order valence-corrected chi connectivity index (χ0v) is 12.1. The van der Waals surface area contributed by atoms with Crippen molar-refractivity contribution in [3.63, 3.8) is 0 Å². The van der Waals surface area contributed by atoms with Crippen molar-refractivity contribution in [1.29, 1.82) is 0 Å². The van der Waals surface area contributed by atoms with Crippen molar-refractivity contribution >= 4 is 0 Å². The lowest BCUT2D eigenvalue weighted by Gasteiger charge is -2.46. The number of aliphatic hydroxyl groups excluding tert-OH is 1. The van der Waals surface area contributed by atoms with E-state index in [0.29, 0.717) is 11.5 Å². The van der Waals surface area contributed by atoms with E-state index in [2.05, 4.69) is 18.7 Å². The number of aliphatic hydroxyl groups is 1. The maximum atomic E-state index is 10.4. The molecule has 1 N–H and O–H groups in total. The summed E-state index contributed by atoms with van der Waals surface area (Å²) in [4.78, 5) is 2.70. The fraction of sp³-hybridized carbons (Fsp3) is 1.00. The minimum Gasteiger partial charge on any atom is -0.391 e. The summed E-state index contributed by atoms with van der Waals surface area (Å²) in [5.41, 5.74) is 0.427. The van der Waals surface area contributed by atoms with Crippen molar-refractivity contribution in [3.05, 3.63) is 0 Å². The van der Waals surface area contributed by atoms with Crippen LogP contribution in [0.2, 0.25) is 0 Å². The largest absolute Gasteiger partial charge is 0.391 e. The quantitative estimate of drug-likeness (QED) is 0.773. The molecule has 0 aromatic carbocycles. The molecule has 3 aliphatic rings. The highest BCUT2D eigenvalue weighted by molar-refractivity contribution is 4.98. The van der Waals surface area contributed by atoms with E-state index in [4.69, 9.17) is 0 Å². The molecule has 1 saturated heterocycles. The number of fused-ring (bicyclic) bond motifs is 1. The molecule has 0 radical (unpaired) electrons. The van der Waals surface area contributed by atoms with Crippen LogP contribution in [0, 0.1) is 11.3 Å². The van der Waals surface area contributed by atoms with E-state index in [1.54, 1.807) is 0 Å². The third-order valence-electron chi connectivity index (χ3n) is 5.80. The normalized spacial score (nSPS) is 44.8. The van der Waals surface area contributed by atoms with Crippen LogP contribution in [0.15, 0.2) is 0 Å². The Hall–Kier alpha value is -0.0800. The van der Waals surface area contributed by atoms with Crippen molar-refractivity contribution in [3.8, 4) is 0 Å². The van der Waals surface area contributed by atoms with E-state index in [0.717, 1.165) is 18.4 Å². The predicted molar refractivity (Wildman–Crippen MR) is 74.5 cm³/mol.